The van der Waals surface area contributed by atoms with E-state index in [9.17, 15) is 9.59 Å². The van der Waals surface area contributed by atoms with E-state index in [1.807, 2.05) is 42.2 Å². The molecule has 1 aromatic rings. The van der Waals surface area contributed by atoms with Crippen molar-refractivity contribution < 1.29 is 14.7 Å². The Labute approximate surface area is 124 Å². The maximum Gasteiger partial charge on any atom is 0.307 e. The van der Waals surface area contributed by atoms with Crippen molar-refractivity contribution in [2.75, 3.05) is 13.1 Å². The number of aliphatic carboxylic acids is 1. The molecule has 112 valence electrons. The highest BCUT2D eigenvalue weighted by Crippen LogP contribution is 2.59. The van der Waals surface area contributed by atoms with E-state index in [2.05, 4.69) is 0 Å². The van der Waals surface area contributed by atoms with Crippen molar-refractivity contribution >= 4 is 11.9 Å². The summed E-state index contributed by atoms with van der Waals surface area (Å²) in [6, 6.07) is 9.81. The molecule has 1 aromatic carbocycles. The fraction of sp³-hybridized carbons (Fsp3) is 0.529. The van der Waals surface area contributed by atoms with Gasteiger partial charge in [0.25, 0.3) is 0 Å². The smallest absolute Gasteiger partial charge is 0.307 e. The maximum absolute atomic E-state index is 12.6. The molecule has 1 heterocycles. The minimum atomic E-state index is -0.674. The Balaban J connectivity index is 1.60. The van der Waals surface area contributed by atoms with Crippen LogP contribution in [0.25, 0.3) is 0 Å². The minimum Gasteiger partial charge on any atom is -0.481 e. The van der Waals surface area contributed by atoms with Gasteiger partial charge in [-0.25, -0.2) is 0 Å². The summed E-state index contributed by atoms with van der Waals surface area (Å²) in [7, 11) is 0. The Hall–Kier alpha value is -1.84. The lowest BCUT2D eigenvalue weighted by Gasteiger charge is -2.34. The van der Waals surface area contributed by atoms with E-state index in [4.69, 9.17) is 5.11 Å². The fourth-order valence-corrected chi connectivity index (χ4v) is 3.58. The quantitative estimate of drug-likeness (QED) is 0.929. The van der Waals surface area contributed by atoms with Gasteiger partial charge in [0.1, 0.15) is 0 Å². The third-order valence-electron chi connectivity index (χ3n) is 5.23. The number of hydrogen-bond donors (Lipinski definition) is 1. The highest BCUT2D eigenvalue weighted by Gasteiger charge is 2.59. The Bertz CT molecular complexity index is 546. The summed E-state index contributed by atoms with van der Waals surface area (Å²) in [5, 5.41) is 9.10. The minimum absolute atomic E-state index is 0.0153. The topological polar surface area (TPSA) is 57.6 Å². The van der Waals surface area contributed by atoms with E-state index in [1.165, 1.54) is 0 Å². The van der Waals surface area contributed by atoms with Gasteiger partial charge in [0, 0.05) is 13.1 Å². The second-order valence-electron chi connectivity index (χ2n) is 6.41. The van der Waals surface area contributed by atoms with Crippen LogP contribution in [0.2, 0.25) is 0 Å². The lowest BCUT2D eigenvalue weighted by atomic mass is 9.89. The standard InChI is InChI=1S/C17H21NO3/c1-12(13-5-3-2-4-6-13)15(19)18-9-7-17(8-10-18)11-14(17)16(20)21/h2-6,12,14H,7-11H2,1H3,(H,20,21)/t12-,14?/m0/s1. The van der Waals surface area contributed by atoms with Crippen LogP contribution in [0.5, 0.6) is 0 Å². The lowest BCUT2D eigenvalue weighted by Crippen LogP contribution is -2.41. The predicted molar refractivity (Wildman–Crippen MR) is 78.8 cm³/mol. The van der Waals surface area contributed by atoms with Gasteiger partial charge in [-0.3, -0.25) is 9.59 Å². The number of benzene rings is 1. The van der Waals surface area contributed by atoms with Crippen LogP contribution in [0, 0.1) is 11.3 Å². The molecule has 1 saturated carbocycles. The van der Waals surface area contributed by atoms with E-state index in [1.54, 1.807) is 0 Å². The summed E-state index contributed by atoms with van der Waals surface area (Å²) in [5.41, 5.74) is 1.02. The number of hydrogen-bond acceptors (Lipinski definition) is 2. The predicted octanol–water partition coefficient (Wildman–Crippen LogP) is 2.50. The van der Waals surface area contributed by atoms with Crippen molar-refractivity contribution in [1.29, 1.82) is 0 Å². The Morgan fingerprint density at radius 3 is 2.38 bits per heavy atom. The highest BCUT2D eigenvalue weighted by atomic mass is 16.4. The van der Waals surface area contributed by atoms with Crippen LogP contribution in [0.1, 0.15) is 37.7 Å². The number of carbonyl (C=O) groups is 2. The summed E-state index contributed by atoms with van der Waals surface area (Å²) in [5.74, 6) is -0.827. The average molecular weight is 287 g/mol. The molecule has 0 radical (unpaired) electrons. The molecular weight excluding hydrogens is 266 g/mol. The first kappa shape index (κ1) is 14.1. The number of carboxylic acids is 1. The van der Waals surface area contributed by atoms with Crippen LogP contribution in [0.15, 0.2) is 30.3 Å². The largest absolute Gasteiger partial charge is 0.481 e. The molecule has 1 N–H and O–H groups in total. The Kier molecular flexibility index (Phi) is 3.47. The molecule has 3 rings (SSSR count). The van der Waals surface area contributed by atoms with Crippen molar-refractivity contribution in [3.63, 3.8) is 0 Å². The molecule has 1 saturated heterocycles. The van der Waals surface area contributed by atoms with Gasteiger partial charge in [-0.05, 0) is 37.2 Å². The van der Waals surface area contributed by atoms with E-state index in [0.717, 1.165) is 24.8 Å². The molecule has 4 heteroatoms. The molecule has 1 aliphatic carbocycles. The van der Waals surface area contributed by atoms with Crippen molar-refractivity contribution in [2.45, 2.75) is 32.1 Å². The average Bonchev–Trinajstić information content (AvgIpc) is 3.21. The third-order valence-corrected chi connectivity index (χ3v) is 5.23. The van der Waals surface area contributed by atoms with Gasteiger partial charge >= 0.3 is 5.97 Å². The molecule has 0 aromatic heterocycles. The normalized spacial score (nSPS) is 24.6. The number of nitrogens with zero attached hydrogens (tertiary/aromatic N) is 1. The molecule has 1 aliphatic heterocycles. The molecule has 1 amide bonds. The van der Waals surface area contributed by atoms with Gasteiger partial charge in [0.05, 0.1) is 11.8 Å². The van der Waals surface area contributed by atoms with Gasteiger partial charge in [-0.2, -0.15) is 0 Å². The number of amides is 1. The summed E-state index contributed by atoms with van der Waals surface area (Å²) >= 11 is 0. The monoisotopic (exact) mass is 287 g/mol. The lowest BCUT2D eigenvalue weighted by molar-refractivity contribution is -0.140. The first-order valence-electron chi connectivity index (χ1n) is 7.60. The number of likely N-dealkylation sites (tertiary alicyclic amines) is 1. The molecule has 4 nitrogen and oxygen atoms in total. The van der Waals surface area contributed by atoms with E-state index >= 15 is 0 Å². The van der Waals surface area contributed by atoms with Gasteiger partial charge in [0.2, 0.25) is 5.91 Å². The summed E-state index contributed by atoms with van der Waals surface area (Å²) in [4.78, 5) is 25.5. The second-order valence-corrected chi connectivity index (χ2v) is 6.41. The van der Waals surface area contributed by atoms with Crippen LogP contribution >= 0.6 is 0 Å². The Morgan fingerprint density at radius 2 is 1.86 bits per heavy atom. The summed E-state index contributed by atoms with van der Waals surface area (Å²) in [6.07, 6.45) is 2.45. The van der Waals surface area contributed by atoms with E-state index in [-0.39, 0.29) is 23.2 Å². The number of piperidine rings is 1. The van der Waals surface area contributed by atoms with Gasteiger partial charge in [-0.15, -0.1) is 0 Å². The summed E-state index contributed by atoms with van der Waals surface area (Å²) in [6.45, 7) is 3.33. The maximum atomic E-state index is 12.6. The molecule has 0 bridgehead atoms. The van der Waals surface area contributed by atoms with Crippen molar-refractivity contribution in [3.05, 3.63) is 35.9 Å². The molecule has 2 fully saturated rings. The van der Waals surface area contributed by atoms with Crippen LogP contribution in [0.3, 0.4) is 0 Å². The Morgan fingerprint density at radius 1 is 1.24 bits per heavy atom. The van der Waals surface area contributed by atoms with Gasteiger partial charge < -0.3 is 10.0 Å². The number of rotatable bonds is 3. The van der Waals surface area contributed by atoms with Gasteiger partial charge in [-0.1, -0.05) is 30.3 Å². The molecular formula is C17H21NO3. The van der Waals surface area contributed by atoms with Gasteiger partial charge in [0.15, 0.2) is 0 Å². The van der Waals surface area contributed by atoms with Crippen LogP contribution < -0.4 is 0 Å². The SMILES string of the molecule is C[C@H](C(=O)N1CCC2(CC1)CC2C(=O)O)c1ccccc1. The molecule has 2 atom stereocenters. The zero-order chi connectivity index (χ0) is 15.0. The molecule has 21 heavy (non-hydrogen) atoms. The van der Waals surface area contributed by atoms with E-state index < -0.39 is 5.97 Å². The van der Waals surface area contributed by atoms with Crippen molar-refractivity contribution in [1.82, 2.24) is 4.90 Å². The molecule has 2 aliphatic rings. The van der Waals surface area contributed by atoms with Crippen molar-refractivity contribution in [3.8, 4) is 0 Å². The zero-order valence-corrected chi connectivity index (χ0v) is 12.3. The fourth-order valence-electron chi connectivity index (χ4n) is 3.58. The van der Waals surface area contributed by atoms with Crippen LogP contribution in [-0.4, -0.2) is 35.0 Å². The summed E-state index contributed by atoms with van der Waals surface area (Å²) < 4.78 is 0. The number of carbonyl (C=O) groups excluding carboxylic acids is 1. The van der Waals surface area contributed by atoms with Crippen molar-refractivity contribution in [2.24, 2.45) is 11.3 Å². The zero-order valence-electron chi connectivity index (χ0n) is 12.3. The van der Waals surface area contributed by atoms with E-state index in [0.29, 0.717) is 13.1 Å². The second kappa shape index (κ2) is 5.17. The number of carboxylic acid groups (broad SMARTS) is 1. The first-order valence-corrected chi connectivity index (χ1v) is 7.60. The molecule has 1 spiro atoms. The van der Waals surface area contributed by atoms with Crippen LogP contribution in [0.4, 0.5) is 0 Å². The first-order chi connectivity index (χ1) is 10.0. The third kappa shape index (κ3) is 2.55. The molecule has 1 unspecified atom stereocenters. The van der Waals surface area contributed by atoms with Crippen LogP contribution in [-0.2, 0) is 9.59 Å². The highest BCUT2D eigenvalue weighted by molar-refractivity contribution is 5.83.